The van der Waals surface area contributed by atoms with Gasteiger partial charge in [-0.1, -0.05) is 25.0 Å². The van der Waals surface area contributed by atoms with Crippen LogP contribution in [0.15, 0.2) is 18.2 Å². The zero-order valence-corrected chi connectivity index (χ0v) is 17.6. The number of sulfonamides is 1. The predicted molar refractivity (Wildman–Crippen MR) is 108 cm³/mol. The Morgan fingerprint density at radius 3 is 2.52 bits per heavy atom. The van der Waals surface area contributed by atoms with Gasteiger partial charge in [-0.2, -0.15) is 0 Å². The van der Waals surface area contributed by atoms with Crippen molar-refractivity contribution >= 4 is 21.6 Å². The normalized spacial score (nSPS) is 20.3. The zero-order chi connectivity index (χ0) is 20.2. The van der Waals surface area contributed by atoms with Crippen LogP contribution in [0.4, 0.5) is 5.69 Å². The van der Waals surface area contributed by atoms with Gasteiger partial charge < -0.3 is 10.0 Å². The quantitative estimate of drug-likeness (QED) is 0.768. The highest BCUT2D eigenvalue weighted by molar-refractivity contribution is 7.92. The maximum Gasteiger partial charge on any atom is 0.232 e. The molecule has 1 aliphatic rings. The van der Waals surface area contributed by atoms with E-state index in [1.165, 1.54) is 10.6 Å². The van der Waals surface area contributed by atoms with Crippen molar-refractivity contribution in [1.29, 1.82) is 0 Å². The van der Waals surface area contributed by atoms with Gasteiger partial charge in [-0.15, -0.1) is 0 Å². The van der Waals surface area contributed by atoms with Crippen molar-refractivity contribution in [1.82, 2.24) is 4.90 Å². The average molecular weight is 397 g/mol. The summed E-state index contributed by atoms with van der Waals surface area (Å²) >= 11 is 0. The summed E-state index contributed by atoms with van der Waals surface area (Å²) in [4.78, 5) is 14.2. The zero-order valence-electron chi connectivity index (χ0n) is 16.8. The molecular weight excluding hydrogens is 364 g/mol. The summed E-state index contributed by atoms with van der Waals surface area (Å²) in [7, 11) is -1.70. The summed E-state index contributed by atoms with van der Waals surface area (Å²) in [5.74, 6) is -0.0460. The Bertz CT molecular complexity index is 763. The number of aryl methyl sites for hydroxylation is 1. The van der Waals surface area contributed by atoms with E-state index in [2.05, 4.69) is 0 Å². The lowest BCUT2D eigenvalue weighted by Crippen LogP contribution is -2.46. The summed E-state index contributed by atoms with van der Waals surface area (Å²) in [6.07, 6.45) is 5.00. The molecule has 1 fully saturated rings. The molecule has 0 unspecified atom stereocenters. The van der Waals surface area contributed by atoms with Crippen LogP contribution in [0.5, 0.6) is 0 Å². The number of hydrogen-bond donors (Lipinski definition) is 1. The molecule has 0 bridgehead atoms. The summed E-state index contributed by atoms with van der Waals surface area (Å²) in [5, 5.41) is 10.1. The van der Waals surface area contributed by atoms with E-state index in [4.69, 9.17) is 0 Å². The third-order valence-electron chi connectivity index (χ3n) is 5.58. The lowest BCUT2D eigenvalue weighted by molar-refractivity contribution is -0.135. The van der Waals surface area contributed by atoms with E-state index in [9.17, 15) is 18.3 Å². The van der Waals surface area contributed by atoms with E-state index in [0.29, 0.717) is 12.1 Å². The SMILES string of the molecule is Cc1cccc(N(CCCC(=O)N(C)[C@@H]2CCCC[C@H]2O)S(C)(=O)=O)c1C. The van der Waals surface area contributed by atoms with E-state index in [0.717, 1.165) is 36.8 Å². The average Bonchev–Trinajstić information content (AvgIpc) is 2.60. The smallest absolute Gasteiger partial charge is 0.232 e. The minimum absolute atomic E-state index is 0.0460. The van der Waals surface area contributed by atoms with E-state index in [-0.39, 0.29) is 24.9 Å². The second kappa shape index (κ2) is 9.06. The molecule has 1 aliphatic carbocycles. The molecule has 1 aromatic rings. The van der Waals surface area contributed by atoms with Gasteiger partial charge >= 0.3 is 0 Å². The first-order valence-electron chi connectivity index (χ1n) is 9.60. The molecular formula is C20H32N2O4S. The Morgan fingerprint density at radius 1 is 1.22 bits per heavy atom. The van der Waals surface area contributed by atoms with Gasteiger partial charge in [-0.05, 0) is 50.3 Å². The number of carbonyl (C=O) groups is 1. The van der Waals surface area contributed by atoms with Crippen LogP contribution in [0.25, 0.3) is 0 Å². The van der Waals surface area contributed by atoms with Crippen LogP contribution in [0.2, 0.25) is 0 Å². The third kappa shape index (κ3) is 5.45. The number of carbonyl (C=O) groups excluding carboxylic acids is 1. The van der Waals surface area contributed by atoms with Gasteiger partial charge in [0, 0.05) is 20.0 Å². The Balaban J connectivity index is 2.01. The van der Waals surface area contributed by atoms with Crippen LogP contribution >= 0.6 is 0 Å². The highest BCUT2D eigenvalue weighted by atomic mass is 32.2. The maximum atomic E-state index is 12.5. The van der Waals surface area contributed by atoms with Crippen molar-refractivity contribution < 1.29 is 18.3 Å². The summed E-state index contributed by atoms with van der Waals surface area (Å²) < 4.78 is 26.0. The molecule has 1 amide bonds. The van der Waals surface area contributed by atoms with Crippen LogP contribution in [0.1, 0.15) is 49.7 Å². The summed E-state index contributed by atoms with van der Waals surface area (Å²) in [5.41, 5.74) is 2.63. The number of hydrogen-bond acceptors (Lipinski definition) is 4. The molecule has 2 atom stereocenters. The van der Waals surface area contributed by atoms with Gasteiger partial charge in [0.25, 0.3) is 0 Å². The lowest BCUT2D eigenvalue weighted by Gasteiger charge is -2.35. The van der Waals surface area contributed by atoms with E-state index in [1.807, 2.05) is 26.0 Å². The Kier molecular flexibility index (Phi) is 7.28. The summed E-state index contributed by atoms with van der Waals surface area (Å²) in [6, 6.07) is 5.47. The molecule has 1 saturated carbocycles. The van der Waals surface area contributed by atoms with Gasteiger partial charge in [0.15, 0.2) is 0 Å². The number of likely N-dealkylation sites (N-methyl/N-ethyl adjacent to an activating group) is 1. The van der Waals surface area contributed by atoms with Crippen molar-refractivity contribution in [2.24, 2.45) is 0 Å². The number of benzene rings is 1. The van der Waals surface area contributed by atoms with Crippen LogP contribution in [-0.4, -0.2) is 56.3 Å². The van der Waals surface area contributed by atoms with Gasteiger partial charge in [-0.25, -0.2) is 8.42 Å². The number of nitrogens with zero attached hydrogens (tertiary/aromatic N) is 2. The molecule has 2 rings (SSSR count). The molecule has 0 radical (unpaired) electrons. The largest absolute Gasteiger partial charge is 0.391 e. The first-order chi connectivity index (χ1) is 12.6. The molecule has 0 aliphatic heterocycles. The molecule has 7 heteroatoms. The standard InChI is InChI=1S/C20H32N2O4S/c1-15-9-7-11-17(16(15)2)22(27(4,25)26)14-8-13-20(24)21(3)18-10-5-6-12-19(18)23/h7,9,11,18-19,23H,5-6,8,10,12-14H2,1-4H3/t18-,19-/m1/s1. The molecule has 1 aromatic carbocycles. The van der Waals surface area contributed by atoms with Crippen molar-refractivity contribution in [2.75, 3.05) is 24.2 Å². The minimum atomic E-state index is -3.44. The second-order valence-corrected chi connectivity index (χ2v) is 9.49. The number of aliphatic hydroxyl groups excluding tert-OH is 1. The van der Waals surface area contributed by atoms with Crippen molar-refractivity contribution in [3.05, 3.63) is 29.3 Å². The fourth-order valence-corrected chi connectivity index (χ4v) is 4.77. The Labute approximate surface area is 163 Å². The molecule has 27 heavy (non-hydrogen) atoms. The van der Waals surface area contributed by atoms with Gasteiger partial charge in [-0.3, -0.25) is 9.10 Å². The first-order valence-corrected chi connectivity index (χ1v) is 11.5. The van der Waals surface area contributed by atoms with Crippen LogP contribution in [0, 0.1) is 13.8 Å². The molecule has 0 spiro atoms. The van der Waals surface area contributed by atoms with E-state index in [1.54, 1.807) is 18.0 Å². The van der Waals surface area contributed by atoms with Crippen molar-refractivity contribution in [3.8, 4) is 0 Å². The van der Waals surface area contributed by atoms with Gasteiger partial charge in [0.2, 0.25) is 15.9 Å². The molecule has 0 saturated heterocycles. The molecule has 1 N–H and O–H groups in total. The van der Waals surface area contributed by atoms with Crippen molar-refractivity contribution in [2.45, 2.75) is 64.5 Å². The fourth-order valence-electron chi connectivity index (χ4n) is 3.75. The molecule has 0 heterocycles. The summed E-state index contributed by atoms with van der Waals surface area (Å²) in [6.45, 7) is 4.12. The van der Waals surface area contributed by atoms with Crippen molar-refractivity contribution in [3.63, 3.8) is 0 Å². The second-order valence-electron chi connectivity index (χ2n) is 7.58. The predicted octanol–water partition coefficient (Wildman–Crippen LogP) is 2.61. The van der Waals surface area contributed by atoms with Gasteiger partial charge in [0.1, 0.15) is 0 Å². The van der Waals surface area contributed by atoms with Crippen LogP contribution in [-0.2, 0) is 14.8 Å². The molecule has 6 nitrogen and oxygen atoms in total. The van der Waals surface area contributed by atoms with E-state index < -0.39 is 16.1 Å². The fraction of sp³-hybridized carbons (Fsp3) is 0.650. The Hall–Kier alpha value is -1.60. The number of aliphatic hydroxyl groups is 1. The maximum absolute atomic E-state index is 12.5. The third-order valence-corrected chi connectivity index (χ3v) is 6.76. The number of amides is 1. The van der Waals surface area contributed by atoms with Gasteiger partial charge in [0.05, 0.1) is 24.1 Å². The lowest BCUT2D eigenvalue weighted by atomic mass is 9.91. The van der Waals surface area contributed by atoms with Crippen LogP contribution in [0.3, 0.4) is 0 Å². The minimum Gasteiger partial charge on any atom is -0.391 e. The van der Waals surface area contributed by atoms with Crippen LogP contribution < -0.4 is 4.31 Å². The number of anilines is 1. The first kappa shape index (κ1) is 21.7. The molecule has 0 aromatic heterocycles. The topological polar surface area (TPSA) is 77.9 Å². The van der Waals surface area contributed by atoms with E-state index >= 15 is 0 Å². The number of rotatable bonds is 7. The molecule has 152 valence electrons. The highest BCUT2D eigenvalue weighted by Gasteiger charge is 2.29. The highest BCUT2D eigenvalue weighted by Crippen LogP contribution is 2.26. The Morgan fingerprint density at radius 2 is 1.89 bits per heavy atom. The monoisotopic (exact) mass is 396 g/mol.